The highest BCUT2D eigenvalue weighted by Crippen LogP contribution is 2.43. The summed E-state index contributed by atoms with van der Waals surface area (Å²) >= 11 is 0. The van der Waals surface area contributed by atoms with Crippen molar-refractivity contribution >= 4 is 11.7 Å². The van der Waals surface area contributed by atoms with Crippen LogP contribution in [-0.4, -0.2) is 51.9 Å². The molecule has 0 radical (unpaired) electrons. The van der Waals surface area contributed by atoms with Crippen LogP contribution in [0.1, 0.15) is 35.4 Å². The van der Waals surface area contributed by atoms with Crippen molar-refractivity contribution in [2.75, 3.05) is 13.1 Å². The zero-order chi connectivity index (χ0) is 22.6. The summed E-state index contributed by atoms with van der Waals surface area (Å²) < 4.78 is 27.7. The minimum absolute atomic E-state index is 0.0590. The highest BCUT2D eigenvalue weighted by atomic mass is 19.1. The fraction of sp³-hybridized carbons (Fsp3) is 0.333. The number of hydrogen-bond donors (Lipinski definition) is 2. The molecule has 1 amide bonds. The Morgan fingerprint density at radius 2 is 1.81 bits per heavy atom. The summed E-state index contributed by atoms with van der Waals surface area (Å²) in [6, 6.07) is 10.1. The summed E-state index contributed by atoms with van der Waals surface area (Å²) in [5, 5.41) is 12.1. The molecule has 2 aromatic rings. The summed E-state index contributed by atoms with van der Waals surface area (Å²) in [6.07, 6.45) is 1.54. The van der Waals surface area contributed by atoms with Crippen molar-refractivity contribution in [2.45, 2.75) is 37.8 Å². The molecule has 0 aliphatic carbocycles. The molecule has 2 fully saturated rings. The van der Waals surface area contributed by atoms with Crippen molar-refractivity contribution in [1.82, 2.24) is 15.3 Å². The number of benzene rings is 2. The molecule has 166 valence electrons. The van der Waals surface area contributed by atoms with Gasteiger partial charge in [0.1, 0.15) is 11.6 Å². The number of carbonyl (C=O) groups is 2. The van der Waals surface area contributed by atoms with Crippen LogP contribution in [0.5, 0.6) is 0 Å². The van der Waals surface area contributed by atoms with E-state index in [9.17, 15) is 23.5 Å². The normalized spacial score (nSPS) is 24.0. The summed E-state index contributed by atoms with van der Waals surface area (Å²) in [7, 11) is 0. The van der Waals surface area contributed by atoms with Crippen molar-refractivity contribution in [1.29, 1.82) is 0 Å². The van der Waals surface area contributed by atoms with Crippen molar-refractivity contribution in [2.24, 2.45) is 0 Å². The van der Waals surface area contributed by atoms with Gasteiger partial charge in [0.05, 0.1) is 18.6 Å². The van der Waals surface area contributed by atoms with Crippen LogP contribution >= 0.6 is 0 Å². The molecule has 2 N–H and O–H groups in total. The van der Waals surface area contributed by atoms with Crippen LogP contribution in [0.3, 0.4) is 0 Å². The van der Waals surface area contributed by atoms with Crippen LogP contribution in [0.15, 0.2) is 53.9 Å². The average Bonchev–Trinajstić information content (AvgIpc) is 3.25. The zero-order valence-corrected chi connectivity index (χ0v) is 17.5. The maximum absolute atomic E-state index is 13.9. The molecule has 6 nitrogen and oxygen atoms in total. The van der Waals surface area contributed by atoms with Gasteiger partial charge in [0.15, 0.2) is 11.5 Å². The number of aliphatic hydroxyl groups is 1. The van der Waals surface area contributed by atoms with Crippen molar-refractivity contribution in [3.05, 3.63) is 82.2 Å². The Balaban J connectivity index is 1.73. The molecule has 3 aliphatic heterocycles. The van der Waals surface area contributed by atoms with E-state index in [-0.39, 0.29) is 41.7 Å². The largest absolute Gasteiger partial charge is 0.503 e. The second-order valence-corrected chi connectivity index (χ2v) is 8.55. The second-order valence-electron chi connectivity index (χ2n) is 8.55. The molecule has 32 heavy (non-hydrogen) atoms. The maximum atomic E-state index is 13.9. The number of piperazine rings is 1. The lowest BCUT2D eigenvalue weighted by Gasteiger charge is -2.50. The Labute approximate surface area is 184 Å². The Bertz CT molecular complexity index is 1130. The van der Waals surface area contributed by atoms with E-state index in [2.05, 4.69) is 5.43 Å². The maximum Gasteiger partial charge on any atom is 0.275 e. The molecule has 2 aromatic carbocycles. The predicted molar refractivity (Wildman–Crippen MR) is 112 cm³/mol. The van der Waals surface area contributed by atoms with Crippen molar-refractivity contribution in [3.63, 3.8) is 0 Å². The molecule has 3 heterocycles. The highest BCUT2D eigenvalue weighted by molar-refractivity contribution is 6.06. The average molecular weight is 439 g/mol. The molecular weight excluding hydrogens is 416 g/mol. The number of fused-ring (bicyclic) bond motifs is 2. The van der Waals surface area contributed by atoms with E-state index in [0.29, 0.717) is 6.54 Å². The summed E-state index contributed by atoms with van der Waals surface area (Å²) in [5.74, 6) is -2.57. The SMILES string of the molecule is Cc1cc(F)ccc1C(c1ccc(F)cc1)[C@H]1[C@H]2CCCN2C(=O)C2=C(O)C(=O)CNN21. The predicted octanol–water partition coefficient (Wildman–Crippen LogP) is 2.94. The Kier molecular flexibility index (Phi) is 4.97. The van der Waals surface area contributed by atoms with Crippen LogP contribution in [0, 0.1) is 18.6 Å². The third-order valence-electron chi connectivity index (χ3n) is 6.73. The van der Waals surface area contributed by atoms with E-state index in [1.54, 1.807) is 28.1 Å². The van der Waals surface area contributed by atoms with Gasteiger partial charge in [0, 0.05) is 12.5 Å². The fourth-order valence-corrected chi connectivity index (χ4v) is 5.32. The van der Waals surface area contributed by atoms with Gasteiger partial charge in [-0.05, 0) is 60.7 Å². The first-order valence-corrected chi connectivity index (χ1v) is 10.7. The second kappa shape index (κ2) is 7.70. The van der Waals surface area contributed by atoms with Gasteiger partial charge in [0.25, 0.3) is 5.91 Å². The molecule has 0 bridgehead atoms. The molecule has 5 rings (SSSR count). The number of rotatable bonds is 3. The zero-order valence-electron chi connectivity index (χ0n) is 17.5. The first-order chi connectivity index (χ1) is 15.4. The van der Waals surface area contributed by atoms with E-state index >= 15 is 0 Å². The van der Waals surface area contributed by atoms with Crippen molar-refractivity contribution < 1.29 is 23.5 Å². The minimum Gasteiger partial charge on any atom is -0.503 e. The van der Waals surface area contributed by atoms with E-state index in [0.717, 1.165) is 29.5 Å². The van der Waals surface area contributed by atoms with Gasteiger partial charge in [-0.3, -0.25) is 14.6 Å². The van der Waals surface area contributed by atoms with Gasteiger partial charge >= 0.3 is 0 Å². The van der Waals surface area contributed by atoms with E-state index in [1.165, 1.54) is 24.3 Å². The minimum atomic E-state index is -0.544. The summed E-state index contributed by atoms with van der Waals surface area (Å²) in [4.78, 5) is 27.1. The third kappa shape index (κ3) is 3.17. The first-order valence-electron chi connectivity index (χ1n) is 10.7. The van der Waals surface area contributed by atoms with Crippen LogP contribution < -0.4 is 5.43 Å². The number of Topliss-reactive ketones (excluding diaryl/α,β-unsaturated/α-hetero) is 1. The summed E-state index contributed by atoms with van der Waals surface area (Å²) in [5.41, 5.74) is 5.32. The molecule has 8 heteroatoms. The number of amides is 1. The number of carbonyl (C=O) groups excluding carboxylic acids is 2. The topological polar surface area (TPSA) is 72.9 Å². The van der Waals surface area contributed by atoms with Crippen LogP contribution in [0.2, 0.25) is 0 Å². The first kappa shape index (κ1) is 20.6. The smallest absolute Gasteiger partial charge is 0.275 e. The van der Waals surface area contributed by atoms with Gasteiger partial charge in [0.2, 0.25) is 5.78 Å². The number of ketones is 1. The van der Waals surface area contributed by atoms with Gasteiger partial charge < -0.3 is 10.0 Å². The molecule has 3 aliphatic rings. The molecule has 1 unspecified atom stereocenters. The molecular formula is C24H23F2N3O3. The molecule has 3 atom stereocenters. The third-order valence-corrected chi connectivity index (χ3v) is 6.73. The Morgan fingerprint density at radius 1 is 1.09 bits per heavy atom. The molecule has 0 spiro atoms. The van der Waals surface area contributed by atoms with E-state index in [4.69, 9.17) is 0 Å². The quantitative estimate of drug-likeness (QED) is 0.770. The van der Waals surface area contributed by atoms with Gasteiger partial charge in [-0.15, -0.1) is 0 Å². The van der Waals surface area contributed by atoms with Gasteiger partial charge in [-0.1, -0.05) is 18.2 Å². The molecule has 0 aromatic heterocycles. The lowest BCUT2D eigenvalue weighted by Crippen LogP contribution is -2.66. The van der Waals surface area contributed by atoms with E-state index in [1.807, 2.05) is 6.92 Å². The van der Waals surface area contributed by atoms with E-state index < -0.39 is 17.6 Å². The molecule has 0 saturated carbocycles. The number of aryl methyl sites for hydroxylation is 1. The lowest BCUT2D eigenvalue weighted by molar-refractivity contribution is -0.141. The monoisotopic (exact) mass is 439 g/mol. The number of hydrogen-bond acceptors (Lipinski definition) is 5. The van der Waals surface area contributed by atoms with Crippen LogP contribution in [-0.2, 0) is 9.59 Å². The van der Waals surface area contributed by atoms with Gasteiger partial charge in [-0.2, -0.15) is 0 Å². The number of hydrazine groups is 1. The fourth-order valence-electron chi connectivity index (χ4n) is 5.32. The standard InChI is InChI=1S/C24H23F2N3O3/c1-13-11-16(26)8-9-17(13)20(14-4-6-15(25)7-5-14)21-18-3-2-10-28(18)24(32)22-23(31)19(30)12-27-29(21)22/h4-9,11,18,20-21,27,31H,2-3,10,12H2,1H3/t18-,20?,21-/m1/s1. The number of nitrogens with zero attached hydrogens (tertiary/aromatic N) is 2. The number of halogens is 2. The lowest BCUT2D eigenvalue weighted by atomic mass is 9.77. The summed E-state index contributed by atoms with van der Waals surface area (Å²) in [6.45, 7) is 2.21. The van der Waals surface area contributed by atoms with Crippen LogP contribution in [0.25, 0.3) is 0 Å². The van der Waals surface area contributed by atoms with Crippen LogP contribution in [0.4, 0.5) is 8.78 Å². The number of nitrogens with one attached hydrogen (secondary N) is 1. The van der Waals surface area contributed by atoms with Crippen molar-refractivity contribution in [3.8, 4) is 0 Å². The van der Waals surface area contributed by atoms with Gasteiger partial charge in [-0.25, -0.2) is 14.2 Å². The Hall–Kier alpha value is -3.26. The highest BCUT2D eigenvalue weighted by Gasteiger charge is 2.52. The Morgan fingerprint density at radius 3 is 2.53 bits per heavy atom. The number of aliphatic hydroxyl groups excluding tert-OH is 1. The molecule has 2 saturated heterocycles.